The van der Waals surface area contributed by atoms with Gasteiger partial charge in [0.15, 0.2) is 5.82 Å². The van der Waals surface area contributed by atoms with Crippen LogP contribution in [0, 0.1) is 0 Å². The van der Waals surface area contributed by atoms with E-state index in [1.54, 1.807) is 66.1 Å². The van der Waals surface area contributed by atoms with Crippen molar-refractivity contribution in [3.63, 3.8) is 0 Å². The van der Waals surface area contributed by atoms with Gasteiger partial charge < -0.3 is 39.0 Å². The summed E-state index contributed by atoms with van der Waals surface area (Å²) in [5.41, 5.74) is 2.79. The van der Waals surface area contributed by atoms with Crippen molar-refractivity contribution in [2.45, 2.75) is 84.2 Å². The van der Waals surface area contributed by atoms with Crippen LogP contribution in [0.3, 0.4) is 0 Å². The Morgan fingerprint density at radius 1 is 0.967 bits per heavy atom. The highest BCUT2D eigenvalue weighted by Gasteiger charge is 2.51. The second-order valence-electron chi connectivity index (χ2n) is 16.0. The van der Waals surface area contributed by atoms with Crippen molar-refractivity contribution in [2.24, 2.45) is 0 Å². The maximum atomic E-state index is 14.1. The number of hydrogen-bond acceptors (Lipinski definition) is 12. The SMILES string of the molecule is CCc1c2c(nc3ccc(O)cc13)-c1cc3c(c(=O)n1C2)COC(=O)C3(CC)OC(=O)N1CCC(Oc2ccc(-n3c(-c4cc(C(C)C)c(O)cc4O)n[nH]c3=O)cc2)CC1. The number of piperidine rings is 1. The van der Waals surface area contributed by atoms with E-state index >= 15 is 0 Å². The molecule has 16 nitrogen and oxygen atoms in total. The van der Waals surface area contributed by atoms with Gasteiger partial charge in [-0.15, -0.1) is 0 Å². The third-order valence-corrected chi connectivity index (χ3v) is 12.2. The standard InChI is InChI=1S/C45H44N6O10/c1-5-28-30-17-25(52)9-12-35(30)46-39-32(28)21-50-36(39)19-34-33(41(50)55)22-59-42(56)45(34,6-2)61-44(58)49-15-13-27(14-16-49)60-26-10-7-24(8-11-26)51-40(47-48-43(51)57)31-18-29(23(3)4)37(53)20-38(31)54/h7-12,17-20,23,27,52-54H,5-6,13-16,21-22H2,1-4H3,(H,48,57). The Labute approximate surface area is 348 Å². The molecule has 1 atom stereocenters. The summed E-state index contributed by atoms with van der Waals surface area (Å²) >= 11 is 0. The number of H-pyrrole nitrogens is 1. The van der Waals surface area contributed by atoms with Crippen molar-refractivity contribution in [1.29, 1.82) is 0 Å². The maximum Gasteiger partial charge on any atom is 0.411 e. The summed E-state index contributed by atoms with van der Waals surface area (Å²) in [7, 11) is 0. The molecule has 9 rings (SSSR count). The number of aryl methyl sites for hydroxylation is 1. The molecule has 314 valence electrons. The fraction of sp³-hybridized carbons (Fsp3) is 0.333. The predicted molar refractivity (Wildman–Crippen MR) is 222 cm³/mol. The van der Waals surface area contributed by atoms with E-state index < -0.39 is 23.4 Å². The summed E-state index contributed by atoms with van der Waals surface area (Å²) in [6.45, 7) is 8.10. The van der Waals surface area contributed by atoms with Gasteiger partial charge in [-0.1, -0.05) is 27.7 Å². The van der Waals surface area contributed by atoms with E-state index in [1.165, 1.54) is 15.5 Å². The Kier molecular flexibility index (Phi) is 9.59. The molecule has 1 saturated heterocycles. The number of nitrogens with zero attached hydrogens (tertiary/aromatic N) is 5. The van der Waals surface area contributed by atoms with Crippen molar-refractivity contribution < 1.29 is 39.1 Å². The molecule has 3 aliphatic rings. The lowest BCUT2D eigenvalue weighted by Crippen LogP contribution is -2.51. The number of esters is 1. The molecular weight excluding hydrogens is 785 g/mol. The highest BCUT2D eigenvalue weighted by Crippen LogP contribution is 2.43. The predicted octanol–water partition coefficient (Wildman–Crippen LogP) is 6.11. The number of hydrogen-bond donors (Lipinski definition) is 4. The van der Waals surface area contributed by atoms with Crippen LogP contribution in [0.15, 0.2) is 70.3 Å². The van der Waals surface area contributed by atoms with Crippen molar-refractivity contribution in [3.8, 4) is 51.5 Å². The molecule has 0 aliphatic carbocycles. The number of benzene rings is 3. The van der Waals surface area contributed by atoms with Crippen molar-refractivity contribution >= 4 is 23.0 Å². The molecule has 0 saturated carbocycles. The number of phenols is 3. The van der Waals surface area contributed by atoms with E-state index in [1.807, 2.05) is 20.8 Å². The number of fused-ring (bicyclic) bond motifs is 5. The molecule has 6 heterocycles. The Morgan fingerprint density at radius 3 is 2.43 bits per heavy atom. The van der Waals surface area contributed by atoms with Crippen LogP contribution in [0.5, 0.6) is 23.0 Å². The van der Waals surface area contributed by atoms with Gasteiger partial charge in [0.2, 0.25) is 5.60 Å². The van der Waals surface area contributed by atoms with E-state index in [4.69, 9.17) is 19.2 Å². The number of cyclic esters (lactones) is 1. The third kappa shape index (κ3) is 6.44. The van der Waals surface area contributed by atoms with E-state index in [-0.39, 0.29) is 84.4 Å². The van der Waals surface area contributed by atoms with Gasteiger partial charge >= 0.3 is 17.8 Å². The first kappa shape index (κ1) is 39.4. The van der Waals surface area contributed by atoms with Gasteiger partial charge in [-0.2, -0.15) is 5.10 Å². The van der Waals surface area contributed by atoms with Gasteiger partial charge in [0.05, 0.1) is 40.3 Å². The van der Waals surface area contributed by atoms with Gasteiger partial charge in [0.1, 0.15) is 35.7 Å². The Hall–Kier alpha value is -7.10. The number of amides is 1. The van der Waals surface area contributed by atoms with Crippen LogP contribution in [0.4, 0.5) is 4.79 Å². The monoisotopic (exact) mass is 828 g/mol. The fourth-order valence-electron chi connectivity index (χ4n) is 8.90. The molecule has 3 aliphatic heterocycles. The van der Waals surface area contributed by atoms with Gasteiger partial charge in [0, 0.05) is 48.5 Å². The van der Waals surface area contributed by atoms with Crippen LogP contribution in [-0.2, 0) is 39.4 Å². The highest BCUT2D eigenvalue weighted by atomic mass is 16.6. The van der Waals surface area contributed by atoms with Gasteiger partial charge in [-0.3, -0.25) is 4.79 Å². The van der Waals surface area contributed by atoms with Crippen molar-refractivity contribution in [2.75, 3.05) is 13.1 Å². The van der Waals surface area contributed by atoms with Crippen LogP contribution in [0.1, 0.15) is 80.7 Å². The first-order valence-corrected chi connectivity index (χ1v) is 20.4. The number of rotatable bonds is 8. The lowest BCUT2D eigenvalue weighted by atomic mass is 9.85. The van der Waals surface area contributed by atoms with E-state index in [9.17, 15) is 34.5 Å². The normalized spacial score (nSPS) is 17.3. The summed E-state index contributed by atoms with van der Waals surface area (Å²) in [5, 5.41) is 38.6. The van der Waals surface area contributed by atoms with Crippen LogP contribution in [0.25, 0.3) is 39.4 Å². The molecule has 0 radical (unpaired) electrons. The Bertz CT molecular complexity index is 2890. The van der Waals surface area contributed by atoms with E-state index in [2.05, 4.69) is 10.2 Å². The topological polar surface area (TPSA) is 211 Å². The zero-order valence-electron chi connectivity index (χ0n) is 34.0. The molecule has 0 bridgehead atoms. The average Bonchev–Trinajstić information content (AvgIpc) is 3.81. The summed E-state index contributed by atoms with van der Waals surface area (Å²) in [6, 6.07) is 16.4. The number of carbonyl (C=O) groups is 2. The third-order valence-electron chi connectivity index (χ3n) is 12.2. The minimum atomic E-state index is -1.86. The largest absolute Gasteiger partial charge is 0.508 e. The van der Waals surface area contributed by atoms with Crippen molar-refractivity contribution in [1.82, 2.24) is 29.2 Å². The summed E-state index contributed by atoms with van der Waals surface area (Å²) < 4.78 is 20.9. The molecule has 3 aromatic heterocycles. The van der Waals surface area contributed by atoms with Crippen LogP contribution in [0.2, 0.25) is 0 Å². The second-order valence-corrected chi connectivity index (χ2v) is 16.0. The molecule has 1 unspecified atom stereocenters. The summed E-state index contributed by atoms with van der Waals surface area (Å²) in [5.74, 6) is -0.240. The first-order chi connectivity index (χ1) is 29.3. The molecule has 16 heteroatoms. The number of aromatic hydroxyl groups is 3. The van der Waals surface area contributed by atoms with Crippen LogP contribution in [-0.4, -0.2) is 75.8 Å². The molecule has 0 spiro atoms. The Balaban J connectivity index is 0.911. The Morgan fingerprint density at radius 2 is 1.72 bits per heavy atom. The average molecular weight is 829 g/mol. The molecule has 3 aromatic carbocycles. The van der Waals surface area contributed by atoms with E-state index in [0.29, 0.717) is 58.7 Å². The first-order valence-electron chi connectivity index (χ1n) is 20.4. The van der Waals surface area contributed by atoms with Crippen LogP contribution < -0.4 is 16.0 Å². The fourth-order valence-corrected chi connectivity index (χ4v) is 8.90. The number of phenolic OH excluding ortho intramolecular Hbond substituents is 3. The van der Waals surface area contributed by atoms with Crippen molar-refractivity contribution in [3.05, 3.63) is 109 Å². The smallest absolute Gasteiger partial charge is 0.411 e. The molecule has 6 aromatic rings. The number of carbonyl (C=O) groups excluding carboxylic acids is 2. The highest BCUT2D eigenvalue weighted by molar-refractivity contribution is 5.90. The number of aromatic amines is 1. The van der Waals surface area contributed by atoms with Gasteiger partial charge in [-0.25, -0.2) is 29.0 Å². The number of pyridine rings is 2. The quantitative estimate of drug-likeness (QED) is 0.128. The second kappa shape index (κ2) is 14.9. The van der Waals surface area contributed by atoms with Gasteiger partial charge in [0.25, 0.3) is 5.56 Å². The maximum absolute atomic E-state index is 14.1. The number of aromatic nitrogens is 5. The van der Waals surface area contributed by atoms with Gasteiger partial charge in [-0.05, 0) is 84.5 Å². The molecule has 1 fully saturated rings. The van der Waals surface area contributed by atoms with Crippen LogP contribution >= 0.6 is 0 Å². The summed E-state index contributed by atoms with van der Waals surface area (Å²) in [4.78, 5) is 61.0. The molecule has 4 N–H and O–H groups in total. The molecular formula is C45H44N6O10. The molecule has 61 heavy (non-hydrogen) atoms. The molecule has 1 amide bonds. The zero-order valence-corrected chi connectivity index (χ0v) is 34.0. The minimum absolute atomic E-state index is 0.0298. The number of ether oxygens (including phenoxy) is 3. The summed E-state index contributed by atoms with van der Waals surface area (Å²) in [6.07, 6.45) is 0.627. The minimum Gasteiger partial charge on any atom is -0.508 e. The lowest BCUT2D eigenvalue weighted by Gasteiger charge is -2.38. The zero-order chi connectivity index (χ0) is 42.9. The number of nitrogens with one attached hydrogen (secondary N) is 1. The lowest BCUT2D eigenvalue weighted by molar-refractivity contribution is -0.173. The van der Waals surface area contributed by atoms with E-state index in [0.717, 1.165) is 16.5 Å². The number of likely N-dealkylation sites (tertiary alicyclic amines) is 1.